The van der Waals surface area contributed by atoms with E-state index < -0.39 is 0 Å². The molecule has 2 aromatic rings. The average molecular weight is 453 g/mol. The molecule has 1 atom stereocenters. The number of amidine groups is 1. The average Bonchev–Trinajstić information content (AvgIpc) is 3.53. The zero-order valence-electron chi connectivity index (χ0n) is 17.8. The molecular weight excluding hydrogens is 428 g/mol. The van der Waals surface area contributed by atoms with Gasteiger partial charge in [0.25, 0.3) is 5.91 Å². The number of carbonyl (C=O) groups excluding carboxylic acids is 1. The molecule has 3 aliphatic rings. The second-order valence-electron chi connectivity index (χ2n) is 7.57. The Kier molecular flexibility index (Phi) is 6.05. The van der Waals surface area contributed by atoms with Gasteiger partial charge in [-0.05, 0) is 55.8 Å². The number of rotatable bonds is 6. The van der Waals surface area contributed by atoms with Gasteiger partial charge in [-0.15, -0.1) is 0 Å². The number of carbonyl (C=O) groups is 1. The van der Waals surface area contributed by atoms with Gasteiger partial charge in [0.15, 0.2) is 16.7 Å². The highest BCUT2D eigenvalue weighted by Crippen LogP contribution is 2.41. The summed E-state index contributed by atoms with van der Waals surface area (Å²) in [4.78, 5) is 20.5. The molecular formula is C24H24N2O5S. The molecule has 0 N–H and O–H groups in total. The molecule has 0 unspecified atom stereocenters. The summed E-state index contributed by atoms with van der Waals surface area (Å²) >= 11 is 1.36. The van der Waals surface area contributed by atoms with Crippen molar-refractivity contribution in [2.24, 2.45) is 4.99 Å². The highest BCUT2D eigenvalue weighted by atomic mass is 32.2. The lowest BCUT2D eigenvalue weighted by Crippen LogP contribution is -2.36. The summed E-state index contributed by atoms with van der Waals surface area (Å²) < 4.78 is 22.6. The molecule has 3 aliphatic heterocycles. The van der Waals surface area contributed by atoms with Crippen LogP contribution in [0.1, 0.15) is 25.3 Å². The smallest absolute Gasteiger partial charge is 0.266 e. The molecule has 0 spiro atoms. The van der Waals surface area contributed by atoms with Crippen LogP contribution in [0, 0.1) is 0 Å². The van der Waals surface area contributed by atoms with Crippen LogP contribution in [0.3, 0.4) is 0 Å². The largest absolute Gasteiger partial charge is 0.493 e. The zero-order chi connectivity index (χ0) is 21.9. The molecule has 0 radical (unpaired) electrons. The monoisotopic (exact) mass is 452 g/mol. The van der Waals surface area contributed by atoms with Crippen LogP contribution < -0.4 is 14.2 Å². The van der Waals surface area contributed by atoms with E-state index in [9.17, 15) is 4.79 Å². The SMILES string of the molecule is CCOc1cc2c(cc1/C=C1/SC(=Nc3ccccc3)N(C[C@@H]3CCCO3)C1=O)OCO2. The number of hydrogen-bond acceptors (Lipinski definition) is 7. The number of para-hydroxylation sites is 1. The number of amides is 1. The molecule has 0 aliphatic carbocycles. The Morgan fingerprint density at radius 3 is 2.78 bits per heavy atom. The van der Waals surface area contributed by atoms with Gasteiger partial charge >= 0.3 is 0 Å². The van der Waals surface area contributed by atoms with Crippen molar-refractivity contribution in [3.63, 3.8) is 0 Å². The lowest BCUT2D eigenvalue weighted by atomic mass is 10.1. The lowest BCUT2D eigenvalue weighted by molar-refractivity contribution is -0.123. The van der Waals surface area contributed by atoms with Gasteiger partial charge in [-0.3, -0.25) is 9.69 Å². The van der Waals surface area contributed by atoms with E-state index in [1.54, 1.807) is 4.90 Å². The quantitative estimate of drug-likeness (QED) is 0.597. The fourth-order valence-corrected chi connectivity index (χ4v) is 4.83. The first-order chi connectivity index (χ1) is 15.7. The first kappa shape index (κ1) is 20.9. The number of nitrogens with zero attached hydrogens (tertiary/aromatic N) is 2. The van der Waals surface area contributed by atoms with Crippen molar-refractivity contribution in [2.75, 3.05) is 26.6 Å². The van der Waals surface area contributed by atoms with Gasteiger partial charge in [0.05, 0.1) is 29.8 Å². The van der Waals surface area contributed by atoms with Crippen LogP contribution in [0.25, 0.3) is 6.08 Å². The lowest BCUT2D eigenvalue weighted by Gasteiger charge is -2.19. The normalized spacial score (nSPS) is 22.3. The summed E-state index contributed by atoms with van der Waals surface area (Å²) in [5.74, 6) is 1.86. The Balaban J connectivity index is 1.50. The predicted octanol–water partition coefficient (Wildman–Crippen LogP) is 4.60. The van der Waals surface area contributed by atoms with E-state index in [2.05, 4.69) is 0 Å². The predicted molar refractivity (Wildman–Crippen MR) is 124 cm³/mol. The van der Waals surface area contributed by atoms with Crippen molar-refractivity contribution in [1.82, 2.24) is 4.90 Å². The van der Waals surface area contributed by atoms with Crippen LogP contribution >= 0.6 is 11.8 Å². The Labute approximate surface area is 191 Å². The third kappa shape index (κ3) is 4.33. The third-order valence-corrected chi connectivity index (χ3v) is 6.38. The van der Waals surface area contributed by atoms with Crippen LogP contribution in [0.4, 0.5) is 5.69 Å². The van der Waals surface area contributed by atoms with Crippen molar-refractivity contribution in [3.8, 4) is 17.2 Å². The van der Waals surface area contributed by atoms with Crippen LogP contribution in [-0.2, 0) is 9.53 Å². The number of fused-ring (bicyclic) bond motifs is 1. The molecule has 2 aromatic carbocycles. The third-order valence-electron chi connectivity index (χ3n) is 5.37. The summed E-state index contributed by atoms with van der Waals surface area (Å²) in [5.41, 5.74) is 1.57. The van der Waals surface area contributed by atoms with Gasteiger partial charge in [0.1, 0.15) is 5.75 Å². The van der Waals surface area contributed by atoms with Crippen LogP contribution in [-0.4, -0.2) is 48.6 Å². The molecule has 1 amide bonds. The summed E-state index contributed by atoms with van der Waals surface area (Å²) in [7, 11) is 0. The van der Waals surface area contributed by atoms with E-state index >= 15 is 0 Å². The van der Waals surface area contributed by atoms with Gasteiger partial charge in [-0.1, -0.05) is 18.2 Å². The van der Waals surface area contributed by atoms with E-state index in [1.807, 2.05) is 55.5 Å². The van der Waals surface area contributed by atoms with E-state index in [-0.39, 0.29) is 18.8 Å². The summed E-state index contributed by atoms with van der Waals surface area (Å²) in [6, 6.07) is 13.3. The van der Waals surface area contributed by atoms with Crippen molar-refractivity contribution in [2.45, 2.75) is 25.9 Å². The number of aliphatic imine (C=N–C) groups is 1. The molecule has 2 saturated heterocycles. The van der Waals surface area contributed by atoms with Gasteiger partial charge in [-0.2, -0.15) is 0 Å². The molecule has 8 heteroatoms. The van der Waals surface area contributed by atoms with E-state index in [1.165, 1.54) is 11.8 Å². The summed E-state index contributed by atoms with van der Waals surface area (Å²) in [6.07, 6.45) is 3.84. The van der Waals surface area contributed by atoms with Crippen molar-refractivity contribution in [1.29, 1.82) is 0 Å². The molecule has 0 aromatic heterocycles. The molecule has 0 saturated carbocycles. The van der Waals surface area contributed by atoms with Crippen molar-refractivity contribution in [3.05, 3.63) is 52.9 Å². The zero-order valence-corrected chi connectivity index (χ0v) is 18.6. The summed E-state index contributed by atoms with van der Waals surface area (Å²) in [6.45, 7) is 3.84. The molecule has 32 heavy (non-hydrogen) atoms. The highest BCUT2D eigenvalue weighted by molar-refractivity contribution is 8.18. The van der Waals surface area contributed by atoms with Crippen LogP contribution in [0.2, 0.25) is 0 Å². The Hall–Kier alpha value is -2.97. The first-order valence-electron chi connectivity index (χ1n) is 10.7. The molecule has 7 nitrogen and oxygen atoms in total. The Morgan fingerprint density at radius 2 is 2.03 bits per heavy atom. The fraction of sp³-hybridized carbons (Fsp3) is 0.333. The number of hydrogen-bond donors (Lipinski definition) is 0. The van der Waals surface area contributed by atoms with Gasteiger partial charge in [0, 0.05) is 18.2 Å². The highest BCUT2D eigenvalue weighted by Gasteiger charge is 2.36. The fourth-order valence-electron chi connectivity index (χ4n) is 3.83. The minimum atomic E-state index is -0.0831. The first-order valence-corrected chi connectivity index (χ1v) is 11.6. The van der Waals surface area contributed by atoms with Crippen molar-refractivity contribution >= 4 is 34.6 Å². The maximum absolute atomic E-state index is 13.4. The second-order valence-corrected chi connectivity index (χ2v) is 8.58. The Morgan fingerprint density at radius 1 is 1.22 bits per heavy atom. The molecule has 2 fully saturated rings. The minimum Gasteiger partial charge on any atom is -0.493 e. The number of benzene rings is 2. The number of thioether (sulfide) groups is 1. The molecule has 5 rings (SSSR count). The van der Waals surface area contributed by atoms with Gasteiger partial charge in [-0.25, -0.2) is 4.99 Å². The molecule has 3 heterocycles. The molecule has 166 valence electrons. The Bertz CT molecular complexity index is 1060. The van der Waals surface area contributed by atoms with Gasteiger partial charge in [0.2, 0.25) is 6.79 Å². The van der Waals surface area contributed by atoms with Crippen LogP contribution in [0.15, 0.2) is 52.4 Å². The number of ether oxygens (including phenoxy) is 4. The van der Waals surface area contributed by atoms with E-state index in [0.29, 0.717) is 40.5 Å². The van der Waals surface area contributed by atoms with E-state index in [0.717, 1.165) is 30.7 Å². The standard InChI is InChI=1S/C24H24N2O5S/c1-2-28-19-13-21-20(30-15-31-21)11-16(19)12-22-23(27)26(14-18-9-6-10-29-18)24(32-22)25-17-7-4-3-5-8-17/h3-5,7-8,11-13,18H,2,6,9-10,14-15H2,1H3/b22-12+,25-24?/t18-/m0/s1. The molecule has 0 bridgehead atoms. The van der Waals surface area contributed by atoms with Gasteiger partial charge < -0.3 is 18.9 Å². The second kappa shape index (κ2) is 9.26. The van der Waals surface area contributed by atoms with E-state index in [4.69, 9.17) is 23.9 Å². The maximum Gasteiger partial charge on any atom is 0.266 e. The van der Waals surface area contributed by atoms with Crippen molar-refractivity contribution < 1.29 is 23.7 Å². The maximum atomic E-state index is 13.4. The topological polar surface area (TPSA) is 69.6 Å². The minimum absolute atomic E-state index is 0.0319. The summed E-state index contributed by atoms with van der Waals surface area (Å²) in [5, 5.41) is 0.654. The van der Waals surface area contributed by atoms with Crippen LogP contribution in [0.5, 0.6) is 17.2 Å².